The molecule has 1 amide bonds. The molecule has 0 radical (unpaired) electrons. The first-order chi connectivity index (χ1) is 13.6. The standard InChI is InChI=1S/C20H24N4O4/c1-2-28-19(26)12-9-15-7-10-16(11-8-15)21-18(25)14-24-20(27)23-13-5-3-4-6-17(23)22-24/h7-12H,2-6,13-14H2,1H3,(H,21,25)/b12-9+. The van der Waals surface area contributed by atoms with Crippen molar-refractivity contribution in [1.29, 1.82) is 0 Å². The quantitative estimate of drug-likeness (QED) is 0.607. The Hall–Kier alpha value is -3.16. The number of carbonyl (C=O) groups excluding carboxylic acids is 2. The molecule has 0 saturated heterocycles. The van der Waals surface area contributed by atoms with Gasteiger partial charge in [-0.15, -0.1) is 0 Å². The highest BCUT2D eigenvalue weighted by molar-refractivity contribution is 5.91. The van der Waals surface area contributed by atoms with E-state index in [0.717, 1.165) is 37.1 Å². The van der Waals surface area contributed by atoms with Gasteiger partial charge in [0, 0.05) is 24.7 Å². The zero-order valence-electron chi connectivity index (χ0n) is 15.9. The van der Waals surface area contributed by atoms with Crippen LogP contribution in [-0.4, -0.2) is 32.8 Å². The van der Waals surface area contributed by atoms with E-state index in [1.807, 2.05) is 0 Å². The average molecular weight is 384 g/mol. The minimum Gasteiger partial charge on any atom is -0.463 e. The molecule has 1 aromatic carbocycles. The number of anilines is 1. The molecule has 1 aliphatic heterocycles. The molecule has 0 unspecified atom stereocenters. The number of fused-ring (bicyclic) bond motifs is 1. The molecule has 2 aromatic rings. The number of aromatic nitrogens is 3. The molecule has 2 heterocycles. The van der Waals surface area contributed by atoms with E-state index >= 15 is 0 Å². The monoisotopic (exact) mass is 384 g/mol. The SMILES string of the molecule is CCOC(=O)/C=C/c1ccc(NC(=O)Cn2nc3n(c2=O)CCCCC3)cc1. The van der Waals surface area contributed by atoms with Crippen LogP contribution in [0, 0.1) is 0 Å². The zero-order valence-corrected chi connectivity index (χ0v) is 15.9. The fraction of sp³-hybridized carbons (Fsp3) is 0.400. The molecule has 0 aliphatic carbocycles. The normalized spacial score (nSPS) is 13.8. The highest BCUT2D eigenvalue weighted by Gasteiger charge is 2.17. The minimum absolute atomic E-state index is 0.122. The number of ether oxygens (including phenoxy) is 1. The second kappa shape index (κ2) is 9.16. The summed E-state index contributed by atoms with van der Waals surface area (Å²) in [4.78, 5) is 36.0. The van der Waals surface area contributed by atoms with E-state index in [1.54, 1.807) is 41.8 Å². The third-order valence-corrected chi connectivity index (χ3v) is 4.47. The molecule has 0 atom stereocenters. The van der Waals surface area contributed by atoms with Gasteiger partial charge in [-0.3, -0.25) is 9.36 Å². The Morgan fingerprint density at radius 1 is 1.21 bits per heavy atom. The van der Waals surface area contributed by atoms with Gasteiger partial charge in [-0.1, -0.05) is 18.6 Å². The van der Waals surface area contributed by atoms with E-state index in [4.69, 9.17) is 4.74 Å². The van der Waals surface area contributed by atoms with Crippen LogP contribution in [0.5, 0.6) is 0 Å². The summed E-state index contributed by atoms with van der Waals surface area (Å²) in [5.74, 6) is 0.0435. The number of benzene rings is 1. The minimum atomic E-state index is -0.399. The molecule has 0 saturated carbocycles. The number of esters is 1. The third-order valence-electron chi connectivity index (χ3n) is 4.47. The van der Waals surface area contributed by atoms with Crippen molar-refractivity contribution in [2.45, 2.75) is 45.7 Å². The van der Waals surface area contributed by atoms with E-state index in [-0.39, 0.29) is 18.1 Å². The smallest absolute Gasteiger partial charge is 0.346 e. The zero-order chi connectivity index (χ0) is 19.9. The van der Waals surface area contributed by atoms with Crippen molar-refractivity contribution < 1.29 is 14.3 Å². The molecular weight excluding hydrogens is 360 g/mol. The van der Waals surface area contributed by atoms with Crippen LogP contribution in [0.3, 0.4) is 0 Å². The van der Waals surface area contributed by atoms with Crippen molar-refractivity contribution in [2.75, 3.05) is 11.9 Å². The molecule has 1 aliphatic rings. The second-order valence-electron chi connectivity index (χ2n) is 6.57. The molecular formula is C20H24N4O4. The van der Waals surface area contributed by atoms with Gasteiger partial charge in [0.1, 0.15) is 12.4 Å². The summed E-state index contributed by atoms with van der Waals surface area (Å²) in [5, 5.41) is 7.07. The van der Waals surface area contributed by atoms with Gasteiger partial charge in [0.2, 0.25) is 5.91 Å². The second-order valence-corrected chi connectivity index (χ2v) is 6.57. The van der Waals surface area contributed by atoms with Gasteiger partial charge in [0.05, 0.1) is 6.61 Å². The Morgan fingerprint density at radius 3 is 2.75 bits per heavy atom. The average Bonchev–Trinajstić information content (AvgIpc) is 2.84. The first-order valence-electron chi connectivity index (χ1n) is 9.48. The lowest BCUT2D eigenvalue weighted by atomic mass is 10.2. The summed E-state index contributed by atoms with van der Waals surface area (Å²) in [6, 6.07) is 7.01. The summed E-state index contributed by atoms with van der Waals surface area (Å²) in [5.41, 5.74) is 1.18. The predicted octanol–water partition coefficient (Wildman–Crippen LogP) is 1.99. The van der Waals surface area contributed by atoms with Crippen molar-refractivity contribution in [3.05, 3.63) is 52.2 Å². The van der Waals surface area contributed by atoms with Crippen LogP contribution in [0.4, 0.5) is 5.69 Å². The fourth-order valence-electron chi connectivity index (χ4n) is 3.10. The molecule has 0 bridgehead atoms. The van der Waals surface area contributed by atoms with Crippen molar-refractivity contribution in [2.24, 2.45) is 0 Å². The highest BCUT2D eigenvalue weighted by atomic mass is 16.5. The van der Waals surface area contributed by atoms with Crippen molar-refractivity contribution in [1.82, 2.24) is 14.3 Å². The van der Waals surface area contributed by atoms with E-state index in [0.29, 0.717) is 18.8 Å². The number of amides is 1. The maximum Gasteiger partial charge on any atom is 0.346 e. The van der Waals surface area contributed by atoms with Crippen LogP contribution >= 0.6 is 0 Å². The first-order valence-corrected chi connectivity index (χ1v) is 9.48. The van der Waals surface area contributed by atoms with Crippen molar-refractivity contribution >= 4 is 23.6 Å². The lowest BCUT2D eigenvalue weighted by molar-refractivity contribution is -0.137. The van der Waals surface area contributed by atoms with Gasteiger partial charge < -0.3 is 10.1 Å². The van der Waals surface area contributed by atoms with E-state index in [9.17, 15) is 14.4 Å². The Labute approximate surface area is 162 Å². The van der Waals surface area contributed by atoms with Crippen LogP contribution < -0.4 is 11.0 Å². The summed E-state index contributed by atoms with van der Waals surface area (Å²) < 4.78 is 7.73. The number of nitrogens with zero attached hydrogens (tertiary/aromatic N) is 3. The van der Waals surface area contributed by atoms with Crippen LogP contribution in [0.2, 0.25) is 0 Å². The molecule has 1 aromatic heterocycles. The molecule has 0 spiro atoms. The Kier molecular flexibility index (Phi) is 6.41. The van der Waals surface area contributed by atoms with Crippen LogP contribution in [0.25, 0.3) is 6.08 Å². The fourth-order valence-corrected chi connectivity index (χ4v) is 3.10. The third kappa shape index (κ3) is 4.97. The van der Waals surface area contributed by atoms with Gasteiger partial charge in [-0.2, -0.15) is 5.10 Å². The van der Waals surface area contributed by atoms with Crippen LogP contribution in [0.1, 0.15) is 37.6 Å². The van der Waals surface area contributed by atoms with Gasteiger partial charge >= 0.3 is 11.7 Å². The first kappa shape index (κ1) is 19.6. The van der Waals surface area contributed by atoms with Gasteiger partial charge in [0.25, 0.3) is 0 Å². The van der Waals surface area contributed by atoms with Crippen molar-refractivity contribution in [3.63, 3.8) is 0 Å². The lowest BCUT2D eigenvalue weighted by Gasteiger charge is -2.05. The van der Waals surface area contributed by atoms with Gasteiger partial charge in [-0.25, -0.2) is 14.3 Å². The topological polar surface area (TPSA) is 95.2 Å². The summed E-state index contributed by atoms with van der Waals surface area (Å²) in [6.07, 6.45) is 6.83. The number of carbonyl (C=O) groups is 2. The van der Waals surface area contributed by atoms with E-state index in [1.165, 1.54) is 10.8 Å². The summed E-state index contributed by atoms with van der Waals surface area (Å²) in [7, 11) is 0. The van der Waals surface area contributed by atoms with E-state index in [2.05, 4.69) is 10.4 Å². The predicted molar refractivity (Wildman–Crippen MR) is 105 cm³/mol. The largest absolute Gasteiger partial charge is 0.463 e. The molecule has 28 heavy (non-hydrogen) atoms. The molecule has 8 nitrogen and oxygen atoms in total. The molecule has 148 valence electrons. The number of hydrogen-bond acceptors (Lipinski definition) is 5. The summed E-state index contributed by atoms with van der Waals surface area (Å²) in [6.45, 7) is 2.62. The molecule has 8 heteroatoms. The van der Waals surface area contributed by atoms with Gasteiger partial charge in [0.15, 0.2) is 0 Å². The number of hydrogen-bond donors (Lipinski definition) is 1. The maximum absolute atomic E-state index is 12.4. The number of aryl methyl sites for hydroxylation is 1. The lowest BCUT2D eigenvalue weighted by Crippen LogP contribution is -2.30. The molecule has 0 fully saturated rings. The van der Waals surface area contributed by atoms with Crippen LogP contribution in [0.15, 0.2) is 35.1 Å². The Bertz CT molecular complexity index is 925. The van der Waals surface area contributed by atoms with Gasteiger partial charge in [-0.05, 0) is 43.5 Å². The Morgan fingerprint density at radius 2 is 2.00 bits per heavy atom. The maximum atomic E-state index is 12.4. The number of rotatable bonds is 6. The highest BCUT2D eigenvalue weighted by Crippen LogP contribution is 2.12. The van der Waals surface area contributed by atoms with E-state index < -0.39 is 5.97 Å². The molecule has 3 rings (SSSR count). The van der Waals surface area contributed by atoms with Crippen molar-refractivity contribution in [3.8, 4) is 0 Å². The molecule has 1 N–H and O–H groups in total. The Balaban J connectivity index is 1.59. The van der Waals surface area contributed by atoms with Crippen LogP contribution in [-0.2, 0) is 33.8 Å². The number of nitrogens with one attached hydrogen (secondary N) is 1. The summed E-state index contributed by atoms with van der Waals surface area (Å²) >= 11 is 0.